The molecule has 3 rings (SSSR count). The highest BCUT2D eigenvalue weighted by Crippen LogP contribution is 2.21. The third-order valence-corrected chi connectivity index (χ3v) is 5.22. The predicted molar refractivity (Wildman–Crippen MR) is 107 cm³/mol. The van der Waals surface area contributed by atoms with Gasteiger partial charge in [-0.1, -0.05) is 53.3 Å². The van der Waals surface area contributed by atoms with E-state index >= 15 is 0 Å². The van der Waals surface area contributed by atoms with E-state index in [1.165, 1.54) is 35.9 Å². The van der Waals surface area contributed by atoms with Gasteiger partial charge in [0.1, 0.15) is 10.7 Å². The fourth-order valence-electron chi connectivity index (χ4n) is 2.51. The van der Waals surface area contributed by atoms with Crippen LogP contribution in [0.15, 0.2) is 64.4 Å². The molecule has 0 aliphatic carbocycles. The molecule has 0 spiro atoms. The van der Waals surface area contributed by atoms with E-state index in [0.717, 1.165) is 16.9 Å². The van der Waals surface area contributed by atoms with Crippen molar-refractivity contribution in [2.24, 2.45) is 4.99 Å². The number of aromatic nitrogens is 1. The van der Waals surface area contributed by atoms with Crippen LogP contribution in [0, 0.1) is 5.82 Å². The van der Waals surface area contributed by atoms with Gasteiger partial charge in [0.2, 0.25) is 0 Å². The number of nitrogens with zero attached hydrogens (tertiary/aromatic N) is 2. The van der Waals surface area contributed by atoms with Crippen LogP contribution < -0.4 is 10.4 Å². The first-order valence-corrected chi connectivity index (χ1v) is 9.54. The van der Waals surface area contributed by atoms with E-state index in [-0.39, 0.29) is 15.5 Å². The van der Waals surface area contributed by atoms with Crippen LogP contribution in [0.3, 0.4) is 0 Å². The topological polar surface area (TPSA) is 60.7 Å². The average Bonchev–Trinajstić information content (AvgIpc) is 2.70. The Bertz CT molecular complexity index is 1130. The Kier molecular flexibility index (Phi) is 6.38. The first-order chi connectivity index (χ1) is 13.5. The van der Waals surface area contributed by atoms with Crippen molar-refractivity contribution in [3.05, 3.63) is 91.0 Å². The quantitative estimate of drug-likeness (QED) is 0.589. The smallest absolute Gasteiger partial charge is 0.348 e. The molecule has 1 heterocycles. The molecule has 0 aliphatic heterocycles. The fraction of sp³-hybridized carbons (Fsp3) is 0.150. The first-order valence-electron chi connectivity index (χ1n) is 8.35. The molecular weight excluding hydrogens is 403 g/mol. The molecule has 0 radical (unpaired) electrons. The largest absolute Gasteiger partial charge is 0.465 e. The maximum atomic E-state index is 13.4. The number of hydrogen-bond acceptors (Lipinski definition) is 5. The summed E-state index contributed by atoms with van der Waals surface area (Å²) in [6, 6.07) is 14.9. The number of esters is 1. The van der Waals surface area contributed by atoms with Gasteiger partial charge in [0, 0.05) is 12.6 Å². The Morgan fingerprint density at radius 2 is 1.96 bits per heavy atom. The third kappa shape index (κ3) is 4.74. The molecule has 0 unspecified atom stereocenters. The molecule has 8 heteroatoms. The van der Waals surface area contributed by atoms with Crippen molar-refractivity contribution in [2.45, 2.75) is 13.0 Å². The zero-order valence-corrected chi connectivity index (χ0v) is 16.5. The van der Waals surface area contributed by atoms with E-state index in [9.17, 15) is 14.0 Å². The molecule has 1 aromatic heterocycles. The maximum absolute atomic E-state index is 13.4. The Labute approximate surface area is 169 Å². The normalized spacial score (nSPS) is 11.5. The van der Waals surface area contributed by atoms with E-state index in [0.29, 0.717) is 23.5 Å². The third-order valence-electron chi connectivity index (χ3n) is 3.93. The Balaban J connectivity index is 2.09. The number of aryl methyl sites for hydroxylation is 1. The molecule has 0 bridgehead atoms. The predicted octanol–water partition coefficient (Wildman–Crippen LogP) is 3.96. The van der Waals surface area contributed by atoms with E-state index < -0.39 is 11.8 Å². The van der Waals surface area contributed by atoms with Gasteiger partial charge in [-0.2, -0.15) is 0 Å². The van der Waals surface area contributed by atoms with Crippen LogP contribution in [0.25, 0.3) is 0 Å². The summed E-state index contributed by atoms with van der Waals surface area (Å²) in [4.78, 5) is 29.4. The summed E-state index contributed by atoms with van der Waals surface area (Å²) >= 11 is 6.84. The molecule has 28 heavy (non-hydrogen) atoms. The molecule has 0 atom stereocenters. The molecule has 2 aromatic carbocycles. The molecule has 0 saturated heterocycles. The van der Waals surface area contributed by atoms with Crippen LogP contribution in [0.5, 0.6) is 0 Å². The highest BCUT2D eigenvalue weighted by atomic mass is 35.5. The van der Waals surface area contributed by atoms with Gasteiger partial charge in [0.25, 0.3) is 5.56 Å². The lowest BCUT2D eigenvalue weighted by molar-refractivity contribution is 0.0605. The fourth-order valence-corrected chi connectivity index (χ4v) is 3.65. The lowest BCUT2D eigenvalue weighted by Gasteiger charge is -2.08. The van der Waals surface area contributed by atoms with Crippen LogP contribution in [-0.4, -0.2) is 17.6 Å². The number of carbonyl (C=O) groups excluding carboxylic acids is 1. The zero-order chi connectivity index (χ0) is 20.1. The van der Waals surface area contributed by atoms with Crippen molar-refractivity contribution < 1.29 is 13.9 Å². The summed E-state index contributed by atoms with van der Waals surface area (Å²) in [5, 5.41) is -0.0754. The number of ether oxygens (including phenoxy) is 1. The summed E-state index contributed by atoms with van der Waals surface area (Å²) in [5.74, 6) is -1.18. The first kappa shape index (κ1) is 20.0. The van der Waals surface area contributed by atoms with Crippen molar-refractivity contribution >= 4 is 34.6 Å². The number of methoxy groups -OCH3 is 1. The molecule has 144 valence electrons. The second-order valence-electron chi connectivity index (χ2n) is 5.82. The van der Waals surface area contributed by atoms with Crippen molar-refractivity contribution in [1.82, 2.24) is 4.57 Å². The van der Waals surface area contributed by atoms with Crippen molar-refractivity contribution in [3.8, 4) is 0 Å². The van der Waals surface area contributed by atoms with Gasteiger partial charge in [-0.15, -0.1) is 0 Å². The minimum Gasteiger partial charge on any atom is -0.465 e. The second kappa shape index (κ2) is 8.95. The summed E-state index contributed by atoms with van der Waals surface area (Å²) < 4.78 is 19.6. The molecule has 0 amide bonds. The van der Waals surface area contributed by atoms with Crippen LogP contribution in [0.2, 0.25) is 5.02 Å². The Morgan fingerprint density at radius 1 is 1.21 bits per heavy atom. The van der Waals surface area contributed by atoms with E-state index in [1.54, 1.807) is 0 Å². The highest BCUT2D eigenvalue weighted by Gasteiger charge is 2.12. The van der Waals surface area contributed by atoms with Crippen molar-refractivity contribution in [2.75, 3.05) is 7.11 Å². The number of halogens is 2. The summed E-state index contributed by atoms with van der Waals surface area (Å²) in [6.45, 7) is 0.370. The van der Waals surface area contributed by atoms with Crippen LogP contribution in [0.1, 0.15) is 15.2 Å². The summed E-state index contributed by atoms with van der Waals surface area (Å²) in [5.41, 5.74) is 1.06. The summed E-state index contributed by atoms with van der Waals surface area (Å²) in [6.07, 6.45) is 0.609. The Morgan fingerprint density at radius 3 is 2.64 bits per heavy atom. The van der Waals surface area contributed by atoms with Crippen LogP contribution in [-0.2, 0) is 17.7 Å². The zero-order valence-electron chi connectivity index (χ0n) is 14.9. The van der Waals surface area contributed by atoms with Gasteiger partial charge < -0.3 is 4.74 Å². The van der Waals surface area contributed by atoms with Gasteiger partial charge in [-0.3, -0.25) is 9.36 Å². The molecule has 0 N–H and O–H groups in total. The van der Waals surface area contributed by atoms with E-state index in [4.69, 9.17) is 16.3 Å². The molecular formula is C20H16ClFN2O3S. The highest BCUT2D eigenvalue weighted by molar-refractivity contribution is 7.11. The van der Waals surface area contributed by atoms with Crippen molar-refractivity contribution in [1.29, 1.82) is 0 Å². The standard InChI is InChI=1S/C20H16ClFN2O3S/c1-27-19(26)17-12-18(25)24(10-9-13-5-3-2-4-6-13)20(28-17)23-14-7-8-16(22)15(21)11-14/h2-8,11-12H,9-10H2,1H3. The SMILES string of the molecule is COC(=O)c1cc(=O)n(CCc2ccccc2)c(=Nc2ccc(F)c(Cl)c2)s1. The van der Waals surface area contributed by atoms with Gasteiger partial charge in [0.05, 0.1) is 17.8 Å². The number of rotatable bonds is 5. The molecule has 0 fully saturated rings. The molecule has 3 aromatic rings. The molecule has 5 nitrogen and oxygen atoms in total. The van der Waals surface area contributed by atoms with E-state index in [1.807, 2.05) is 30.3 Å². The van der Waals surface area contributed by atoms with Crippen molar-refractivity contribution in [3.63, 3.8) is 0 Å². The summed E-state index contributed by atoms with van der Waals surface area (Å²) in [7, 11) is 1.24. The monoisotopic (exact) mass is 418 g/mol. The van der Waals surface area contributed by atoms with E-state index in [2.05, 4.69) is 4.99 Å². The second-order valence-corrected chi connectivity index (χ2v) is 7.24. The lowest BCUT2D eigenvalue weighted by Crippen LogP contribution is -2.33. The van der Waals surface area contributed by atoms with Gasteiger partial charge >= 0.3 is 5.97 Å². The molecule has 0 saturated carbocycles. The number of carbonyl (C=O) groups is 1. The number of hydrogen-bond donors (Lipinski definition) is 0. The number of benzene rings is 2. The molecule has 0 aliphatic rings. The Hall–Kier alpha value is -2.77. The average molecular weight is 419 g/mol. The van der Waals surface area contributed by atoms with Crippen LogP contribution in [0.4, 0.5) is 10.1 Å². The van der Waals surface area contributed by atoms with Crippen LogP contribution >= 0.6 is 22.9 Å². The minimum absolute atomic E-state index is 0.0754. The lowest BCUT2D eigenvalue weighted by atomic mass is 10.1. The van der Waals surface area contributed by atoms with Gasteiger partial charge in [-0.05, 0) is 30.2 Å². The maximum Gasteiger partial charge on any atom is 0.348 e. The van der Waals surface area contributed by atoms with Gasteiger partial charge in [0.15, 0.2) is 4.80 Å². The minimum atomic E-state index is -0.620. The van der Waals surface area contributed by atoms with Gasteiger partial charge in [-0.25, -0.2) is 14.2 Å².